The van der Waals surface area contributed by atoms with E-state index in [2.05, 4.69) is 4.90 Å². The lowest BCUT2D eigenvalue weighted by atomic mass is 9.90. The van der Waals surface area contributed by atoms with Crippen LogP contribution in [0.2, 0.25) is 0 Å². The van der Waals surface area contributed by atoms with Crippen LogP contribution in [0.1, 0.15) is 25.3 Å². The Morgan fingerprint density at radius 3 is 2.95 bits per heavy atom. The van der Waals surface area contributed by atoms with Crippen LogP contribution in [-0.4, -0.2) is 42.2 Å². The van der Waals surface area contributed by atoms with Gasteiger partial charge in [0, 0.05) is 13.1 Å². The van der Waals surface area contributed by atoms with E-state index in [1.165, 1.54) is 5.56 Å². The second-order valence-corrected chi connectivity index (χ2v) is 5.91. The molecule has 1 aromatic rings. The molecule has 0 aromatic heterocycles. The summed E-state index contributed by atoms with van der Waals surface area (Å²) in [6, 6.07) is 8.02. The number of hydrogen-bond acceptors (Lipinski definition) is 3. The van der Waals surface area contributed by atoms with Crippen molar-refractivity contribution in [1.29, 1.82) is 0 Å². The van der Waals surface area contributed by atoms with Crippen LogP contribution in [0, 0.1) is 12.3 Å². The average Bonchev–Trinajstić information content (AvgIpc) is 2.78. The van der Waals surface area contributed by atoms with Gasteiger partial charge in [-0.05, 0) is 50.9 Å². The normalized spacial score (nSPS) is 22.9. The van der Waals surface area contributed by atoms with Crippen LogP contribution >= 0.6 is 0 Å². The fourth-order valence-corrected chi connectivity index (χ4v) is 2.61. The number of rotatable bonds is 6. The summed E-state index contributed by atoms with van der Waals surface area (Å²) in [6.45, 7) is 6.96. The lowest BCUT2D eigenvalue weighted by Gasteiger charge is -2.20. The zero-order valence-corrected chi connectivity index (χ0v) is 12.3. The number of ether oxygens (including phenoxy) is 1. The zero-order valence-electron chi connectivity index (χ0n) is 12.3. The first-order valence-electron chi connectivity index (χ1n) is 7.15. The SMILES string of the molecule is Cc1cccc(OCCCN2CCC(C)(C(=O)O)C2)c1. The summed E-state index contributed by atoms with van der Waals surface area (Å²) in [4.78, 5) is 13.4. The van der Waals surface area contributed by atoms with Crippen LogP contribution < -0.4 is 4.74 Å². The highest BCUT2D eigenvalue weighted by Crippen LogP contribution is 2.29. The van der Waals surface area contributed by atoms with Crippen molar-refractivity contribution in [1.82, 2.24) is 4.90 Å². The molecule has 4 nitrogen and oxygen atoms in total. The number of benzene rings is 1. The van der Waals surface area contributed by atoms with E-state index in [-0.39, 0.29) is 0 Å². The number of nitrogens with zero attached hydrogens (tertiary/aromatic N) is 1. The Labute approximate surface area is 120 Å². The summed E-state index contributed by atoms with van der Waals surface area (Å²) in [5.41, 5.74) is 0.622. The minimum absolute atomic E-state index is 0.572. The van der Waals surface area contributed by atoms with Gasteiger partial charge in [0.15, 0.2) is 0 Å². The molecule has 4 heteroatoms. The van der Waals surface area contributed by atoms with Crippen molar-refractivity contribution >= 4 is 5.97 Å². The standard InChI is InChI=1S/C16H23NO3/c1-13-5-3-6-14(11-13)20-10-4-8-17-9-7-16(2,12-17)15(18)19/h3,5-6,11H,4,7-10,12H2,1-2H3,(H,18,19). The van der Waals surface area contributed by atoms with Crippen molar-refractivity contribution in [3.05, 3.63) is 29.8 Å². The van der Waals surface area contributed by atoms with E-state index >= 15 is 0 Å². The number of likely N-dealkylation sites (tertiary alicyclic amines) is 1. The number of carboxylic acid groups (broad SMARTS) is 1. The van der Waals surface area contributed by atoms with E-state index in [0.29, 0.717) is 13.2 Å². The second-order valence-electron chi connectivity index (χ2n) is 5.91. The molecular formula is C16H23NO3. The number of aliphatic carboxylic acids is 1. The van der Waals surface area contributed by atoms with Crippen LogP contribution in [0.25, 0.3) is 0 Å². The molecule has 0 radical (unpaired) electrons. The minimum Gasteiger partial charge on any atom is -0.494 e. The third-order valence-corrected chi connectivity index (χ3v) is 3.95. The molecule has 0 spiro atoms. The molecular weight excluding hydrogens is 254 g/mol. The molecule has 1 saturated heterocycles. The van der Waals surface area contributed by atoms with E-state index in [9.17, 15) is 9.90 Å². The molecule has 1 heterocycles. The van der Waals surface area contributed by atoms with Crippen molar-refractivity contribution < 1.29 is 14.6 Å². The summed E-state index contributed by atoms with van der Waals surface area (Å²) in [5.74, 6) is 0.220. The van der Waals surface area contributed by atoms with Crippen LogP contribution in [0.3, 0.4) is 0 Å². The van der Waals surface area contributed by atoms with Gasteiger partial charge < -0.3 is 14.7 Å². The van der Waals surface area contributed by atoms with Gasteiger partial charge in [-0.25, -0.2) is 0 Å². The first-order chi connectivity index (χ1) is 9.49. The van der Waals surface area contributed by atoms with Gasteiger partial charge in [-0.2, -0.15) is 0 Å². The van der Waals surface area contributed by atoms with Crippen molar-refractivity contribution in [2.45, 2.75) is 26.7 Å². The van der Waals surface area contributed by atoms with E-state index in [1.54, 1.807) is 0 Å². The maximum absolute atomic E-state index is 11.2. The Balaban J connectivity index is 1.69. The summed E-state index contributed by atoms with van der Waals surface area (Å²) in [5, 5.41) is 9.19. The second kappa shape index (κ2) is 6.27. The van der Waals surface area contributed by atoms with Gasteiger partial charge in [-0.3, -0.25) is 4.79 Å². The smallest absolute Gasteiger partial charge is 0.310 e. The molecule has 1 aliphatic heterocycles. The Morgan fingerprint density at radius 2 is 2.30 bits per heavy atom. The van der Waals surface area contributed by atoms with Crippen molar-refractivity contribution in [3.63, 3.8) is 0 Å². The van der Waals surface area contributed by atoms with Crippen LogP contribution in [0.5, 0.6) is 5.75 Å². The topological polar surface area (TPSA) is 49.8 Å². The lowest BCUT2D eigenvalue weighted by molar-refractivity contribution is -0.147. The molecule has 1 N–H and O–H groups in total. The van der Waals surface area contributed by atoms with Gasteiger partial charge in [0.1, 0.15) is 5.75 Å². The lowest BCUT2D eigenvalue weighted by Crippen LogP contribution is -2.32. The van der Waals surface area contributed by atoms with Gasteiger partial charge in [-0.1, -0.05) is 12.1 Å². The molecule has 1 unspecified atom stereocenters. The Kier molecular flexibility index (Phi) is 4.65. The molecule has 0 amide bonds. The van der Waals surface area contributed by atoms with Gasteiger partial charge in [-0.15, -0.1) is 0 Å². The largest absolute Gasteiger partial charge is 0.494 e. The van der Waals surface area contributed by atoms with Gasteiger partial charge >= 0.3 is 5.97 Å². The Hall–Kier alpha value is -1.55. The number of hydrogen-bond donors (Lipinski definition) is 1. The number of carboxylic acids is 1. The van der Waals surface area contributed by atoms with Gasteiger partial charge in [0.25, 0.3) is 0 Å². The molecule has 2 rings (SSSR count). The molecule has 1 aliphatic rings. The summed E-state index contributed by atoms with van der Waals surface area (Å²) in [7, 11) is 0. The highest BCUT2D eigenvalue weighted by atomic mass is 16.5. The maximum atomic E-state index is 11.2. The molecule has 0 bridgehead atoms. The van der Waals surface area contributed by atoms with E-state index in [4.69, 9.17) is 4.74 Å². The van der Waals surface area contributed by atoms with E-state index in [0.717, 1.165) is 31.7 Å². The number of aryl methyl sites for hydroxylation is 1. The first-order valence-corrected chi connectivity index (χ1v) is 7.15. The summed E-state index contributed by atoms with van der Waals surface area (Å²) >= 11 is 0. The van der Waals surface area contributed by atoms with Crippen molar-refractivity contribution in [2.75, 3.05) is 26.2 Å². The Bertz CT molecular complexity index is 475. The van der Waals surface area contributed by atoms with Crippen LogP contribution in [0.4, 0.5) is 0 Å². The van der Waals surface area contributed by atoms with E-state index < -0.39 is 11.4 Å². The predicted octanol–water partition coefficient (Wildman–Crippen LogP) is 2.56. The average molecular weight is 277 g/mol. The van der Waals surface area contributed by atoms with Crippen LogP contribution in [0.15, 0.2) is 24.3 Å². The zero-order chi connectivity index (χ0) is 14.6. The predicted molar refractivity (Wildman–Crippen MR) is 78.1 cm³/mol. The number of carbonyl (C=O) groups is 1. The monoisotopic (exact) mass is 277 g/mol. The van der Waals surface area contributed by atoms with E-state index in [1.807, 2.05) is 38.1 Å². The first kappa shape index (κ1) is 14.9. The maximum Gasteiger partial charge on any atom is 0.310 e. The highest BCUT2D eigenvalue weighted by molar-refractivity contribution is 5.74. The van der Waals surface area contributed by atoms with Crippen molar-refractivity contribution in [3.8, 4) is 5.75 Å². The van der Waals surface area contributed by atoms with Gasteiger partial charge in [0.05, 0.1) is 12.0 Å². The highest BCUT2D eigenvalue weighted by Gasteiger charge is 2.39. The van der Waals surface area contributed by atoms with Gasteiger partial charge in [0.2, 0.25) is 0 Å². The fraction of sp³-hybridized carbons (Fsp3) is 0.562. The fourth-order valence-electron chi connectivity index (χ4n) is 2.61. The molecule has 0 saturated carbocycles. The molecule has 0 aliphatic carbocycles. The minimum atomic E-state index is -0.684. The quantitative estimate of drug-likeness (QED) is 0.812. The molecule has 20 heavy (non-hydrogen) atoms. The molecule has 1 atom stereocenters. The molecule has 1 fully saturated rings. The Morgan fingerprint density at radius 1 is 1.50 bits per heavy atom. The third-order valence-electron chi connectivity index (χ3n) is 3.95. The third kappa shape index (κ3) is 3.73. The molecule has 110 valence electrons. The van der Waals surface area contributed by atoms with Crippen LogP contribution in [-0.2, 0) is 4.79 Å². The summed E-state index contributed by atoms with van der Waals surface area (Å²) < 4.78 is 5.70. The van der Waals surface area contributed by atoms with Crippen molar-refractivity contribution in [2.24, 2.45) is 5.41 Å². The molecule has 1 aromatic carbocycles. The summed E-state index contributed by atoms with van der Waals surface area (Å²) in [6.07, 6.45) is 1.66.